The van der Waals surface area contributed by atoms with Gasteiger partial charge < -0.3 is 4.74 Å². The van der Waals surface area contributed by atoms with Crippen molar-refractivity contribution < 1.29 is 9.53 Å². The molecule has 0 amide bonds. The fourth-order valence-electron chi connectivity index (χ4n) is 1.65. The standard InChI is InChI=1S/C11H10ClNO2S/c1-15-11(14)8-5-3-4-7-9(16-2)6-13(12)10(7)8/h3-6H,1-2H3. The van der Waals surface area contributed by atoms with E-state index in [9.17, 15) is 4.79 Å². The summed E-state index contributed by atoms with van der Waals surface area (Å²) in [5, 5.41) is 0.963. The van der Waals surface area contributed by atoms with Crippen molar-refractivity contribution in [3.05, 3.63) is 30.0 Å². The summed E-state index contributed by atoms with van der Waals surface area (Å²) in [6.45, 7) is 0. The minimum Gasteiger partial charge on any atom is -0.465 e. The van der Waals surface area contributed by atoms with Gasteiger partial charge in [0, 0.05) is 28.3 Å². The molecule has 0 fully saturated rings. The monoisotopic (exact) mass is 255 g/mol. The first-order valence-corrected chi connectivity index (χ1v) is 6.18. The summed E-state index contributed by atoms with van der Waals surface area (Å²) in [6.07, 6.45) is 3.76. The van der Waals surface area contributed by atoms with E-state index in [1.54, 1.807) is 24.0 Å². The van der Waals surface area contributed by atoms with Gasteiger partial charge in [-0.25, -0.2) is 4.79 Å². The lowest BCUT2D eigenvalue weighted by molar-refractivity contribution is 0.0602. The Labute approximate surface area is 102 Å². The van der Waals surface area contributed by atoms with Crippen LogP contribution < -0.4 is 0 Å². The summed E-state index contributed by atoms with van der Waals surface area (Å²) in [6, 6.07) is 5.47. The van der Waals surface area contributed by atoms with E-state index in [0.717, 1.165) is 10.3 Å². The number of thioether (sulfide) groups is 1. The average Bonchev–Trinajstić information content (AvgIpc) is 2.65. The molecule has 0 bridgehead atoms. The van der Waals surface area contributed by atoms with E-state index in [1.165, 1.54) is 11.2 Å². The van der Waals surface area contributed by atoms with E-state index in [1.807, 2.05) is 18.4 Å². The number of fused-ring (bicyclic) bond motifs is 1. The first-order chi connectivity index (χ1) is 7.69. The third kappa shape index (κ3) is 1.68. The van der Waals surface area contributed by atoms with Crippen molar-refractivity contribution in [3.8, 4) is 0 Å². The highest BCUT2D eigenvalue weighted by molar-refractivity contribution is 7.98. The van der Waals surface area contributed by atoms with Gasteiger partial charge in [0.2, 0.25) is 0 Å². The molecular weight excluding hydrogens is 246 g/mol. The Morgan fingerprint density at radius 3 is 2.88 bits per heavy atom. The van der Waals surface area contributed by atoms with Gasteiger partial charge in [-0.05, 0) is 12.3 Å². The maximum atomic E-state index is 11.6. The molecule has 0 atom stereocenters. The largest absolute Gasteiger partial charge is 0.465 e. The molecule has 0 saturated carbocycles. The maximum Gasteiger partial charge on any atom is 0.340 e. The second-order valence-electron chi connectivity index (χ2n) is 3.20. The second-order valence-corrected chi connectivity index (χ2v) is 4.41. The predicted octanol–water partition coefficient (Wildman–Crippen LogP) is 3.15. The molecule has 5 heteroatoms. The van der Waals surface area contributed by atoms with Gasteiger partial charge in [-0.3, -0.25) is 4.09 Å². The number of carbonyl (C=O) groups is 1. The molecule has 16 heavy (non-hydrogen) atoms. The molecule has 0 spiro atoms. The van der Waals surface area contributed by atoms with Crippen LogP contribution in [-0.2, 0) is 4.74 Å². The van der Waals surface area contributed by atoms with Gasteiger partial charge in [0.05, 0.1) is 18.2 Å². The molecule has 0 radical (unpaired) electrons. The van der Waals surface area contributed by atoms with Gasteiger partial charge in [-0.2, -0.15) is 0 Å². The van der Waals surface area contributed by atoms with Crippen LogP contribution >= 0.6 is 23.5 Å². The average molecular weight is 256 g/mol. The Bertz CT molecular complexity index is 550. The Balaban J connectivity index is 2.77. The van der Waals surface area contributed by atoms with E-state index in [4.69, 9.17) is 16.5 Å². The number of hydrogen-bond donors (Lipinski definition) is 0. The lowest BCUT2D eigenvalue weighted by atomic mass is 10.1. The number of para-hydroxylation sites is 1. The van der Waals surface area contributed by atoms with Crippen LogP contribution in [-0.4, -0.2) is 23.4 Å². The van der Waals surface area contributed by atoms with Crippen molar-refractivity contribution in [2.75, 3.05) is 13.4 Å². The summed E-state index contributed by atoms with van der Waals surface area (Å²) >= 11 is 7.65. The molecular formula is C11H10ClNO2S. The molecule has 0 aliphatic heterocycles. The third-order valence-corrected chi connectivity index (χ3v) is 3.40. The molecule has 84 valence electrons. The van der Waals surface area contributed by atoms with Crippen LogP contribution in [0.2, 0.25) is 0 Å². The summed E-state index contributed by atoms with van der Waals surface area (Å²) < 4.78 is 6.16. The van der Waals surface area contributed by atoms with Gasteiger partial charge >= 0.3 is 5.97 Å². The number of halogens is 1. The van der Waals surface area contributed by atoms with Crippen molar-refractivity contribution in [2.45, 2.75) is 4.90 Å². The van der Waals surface area contributed by atoms with Gasteiger partial charge in [-0.15, -0.1) is 11.8 Å². The van der Waals surface area contributed by atoms with Crippen LogP contribution in [0.15, 0.2) is 29.3 Å². The predicted molar refractivity (Wildman–Crippen MR) is 66.3 cm³/mol. The smallest absolute Gasteiger partial charge is 0.340 e. The number of ether oxygens (including phenoxy) is 1. The van der Waals surface area contributed by atoms with Gasteiger partial charge in [0.15, 0.2) is 0 Å². The maximum absolute atomic E-state index is 11.6. The molecule has 0 aliphatic carbocycles. The lowest BCUT2D eigenvalue weighted by Gasteiger charge is -2.02. The first-order valence-electron chi connectivity index (χ1n) is 4.61. The highest BCUT2D eigenvalue weighted by Crippen LogP contribution is 2.31. The van der Waals surface area contributed by atoms with Crippen molar-refractivity contribution in [1.29, 1.82) is 0 Å². The second kappa shape index (κ2) is 4.39. The molecule has 1 aromatic heterocycles. The Morgan fingerprint density at radius 2 is 2.25 bits per heavy atom. The van der Waals surface area contributed by atoms with E-state index in [2.05, 4.69) is 0 Å². The zero-order valence-corrected chi connectivity index (χ0v) is 10.4. The number of carbonyl (C=O) groups excluding carboxylic acids is 1. The third-order valence-electron chi connectivity index (χ3n) is 2.37. The van der Waals surface area contributed by atoms with Crippen molar-refractivity contribution in [2.24, 2.45) is 0 Å². The SMILES string of the molecule is COC(=O)c1cccc2c(SC)cn(Cl)c12. The van der Waals surface area contributed by atoms with E-state index in [0.29, 0.717) is 11.1 Å². The molecule has 1 aromatic carbocycles. The highest BCUT2D eigenvalue weighted by atomic mass is 35.5. The number of aromatic nitrogens is 1. The number of rotatable bonds is 2. The first kappa shape index (κ1) is 11.4. The van der Waals surface area contributed by atoms with Crippen molar-refractivity contribution >= 4 is 40.4 Å². The molecule has 3 nitrogen and oxygen atoms in total. The number of methoxy groups -OCH3 is 1. The molecule has 0 N–H and O–H groups in total. The topological polar surface area (TPSA) is 31.2 Å². The quantitative estimate of drug-likeness (QED) is 0.610. The Hall–Kier alpha value is -1.13. The van der Waals surface area contributed by atoms with Crippen LogP contribution in [0.5, 0.6) is 0 Å². The Morgan fingerprint density at radius 1 is 1.50 bits per heavy atom. The fraction of sp³-hybridized carbons (Fsp3) is 0.182. The van der Waals surface area contributed by atoms with E-state index < -0.39 is 0 Å². The molecule has 2 aromatic rings. The van der Waals surface area contributed by atoms with Crippen LogP contribution in [0.3, 0.4) is 0 Å². The van der Waals surface area contributed by atoms with Crippen LogP contribution in [0.25, 0.3) is 10.9 Å². The van der Waals surface area contributed by atoms with Crippen LogP contribution in [0, 0.1) is 0 Å². The fourth-order valence-corrected chi connectivity index (χ4v) is 2.58. The number of nitrogens with zero attached hydrogens (tertiary/aromatic N) is 1. The van der Waals surface area contributed by atoms with E-state index in [-0.39, 0.29) is 5.97 Å². The normalized spacial score (nSPS) is 10.7. The number of esters is 1. The highest BCUT2D eigenvalue weighted by Gasteiger charge is 2.15. The zero-order valence-electron chi connectivity index (χ0n) is 8.86. The molecule has 1 heterocycles. The number of hydrogen-bond acceptors (Lipinski definition) is 3. The van der Waals surface area contributed by atoms with Crippen LogP contribution in [0.4, 0.5) is 0 Å². The summed E-state index contributed by atoms with van der Waals surface area (Å²) in [5.41, 5.74) is 1.18. The van der Waals surface area contributed by atoms with Gasteiger partial charge in [-0.1, -0.05) is 12.1 Å². The van der Waals surface area contributed by atoms with Crippen molar-refractivity contribution in [3.63, 3.8) is 0 Å². The van der Waals surface area contributed by atoms with Crippen LogP contribution in [0.1, 0.15) is 10.4 Å². The van der Waals surface area contributed by atoms with Crippen molar-refractivity contribution in [1.82, 2.24) is 4.09 Å². The minimum absolute atomic E-state index is 0.377. The molecule has 0 aliphatic rings. The minimum atomic E-state index is -0.377. The van der Waals surface area contributed by atoms with Gasteiger partial charge in [0.25, 0.3) is 0 Å². The summed E-state index contributed by atoms with van der Waals surface area (Å²) in [4.78, 5) is 12.6. The molecule has 0 saturated heterocycles. The summed E-state index contributed by atoms with van der Waals surface area (Å²) in [5.74, 6) is -0.377. The molecule has 0 unspecified atom stereocenters. The van der Waals surface area contributed by atoms with E-state index >= 15 is 0 Å². The zero-order chi connectivity index (χ0) is 11.7. The Kier molecular flexibility index (Phi) is 3.12. The molecule has 2 rings (SSSR count). The van der Waals surface area contributed by atoms with Gasteiger partial charge in [0.1, 0.15) is 0 Å². The lowest BCUT2D eigenvalue weighted by Crippen LogP contribution is -2.02. The number of benzene rings is 1. The summed E-state index contributed by atoms with van der Waals surface area (Å²) in [7, 11) is 1.36.